The number of aromatic nitrogens is 4. The highest BCUT2D eigenvalue weighted by Crippen LogP contribution is 2.35. The number of hydrogen-bond donors (Lipinski definition) is 2. The molecular weight excluding hydrogens is 347 g/mol. The van der Waals surface area contributed by atoms with Gasteiger partial charge in [-0.05, 0) is 20.0 Å². The molecular formula is C16H18Cl2N6. The zero-order valence-electron chi connectivity index (χ0n) is 13.5. The average molecular weight is 365 g/mol. The van der Waals surface area contributed by atoms with Gasteiger partial charge in [-0.2, -0.15) is 5.10 Å². The lowest BCUT2D eigenvalue weighted by molar-refractivity contribution is 0.729. The van der Waals surface area contributed by atoms with E-state index in [2.05, 4.69) is 37.3 Å². The third kappa shape index (κ3) is 3.17. The van der Waals surface area contributed by atoms with Gasteiger partial charge in [-0.3, -0.25) is 5.10 Å². The van der Waals surface area contributed by atoms with Crippen LogP contribution in [-0.4, -0.2) is 46.8 Å². The van der Waals surface area contributed by atoms with Crippen LogP contribution in [0, 0.1) is 0 Å². The number of rotatable bonds is 6. The molecule has 3 rings (SSSR count). The van der Waals surface area contributed by atoms with E-state index in [9.17, 15) is 0 Å². The summed E-state index contributed by atoms with van der Waals surface area (Å²) in [4.78, 5) is 11.3. The molecule has 0 unspecified atom stereocenters. The van der Waals surface area contributed by atoms with Crippen molar-refractivity contribution in [3.63, 3.8) is 0 Å². The van der Waals surface area contributed by atoms with E-state index in [-0.39, 0.29) is 0 Å². The third-order valence-electron chi connectivity index (χ3n) is 3.81. The van der Waals surface area contributed by atoms with Crippen LogP contribution in [0.2, 0.25) is 10.0 Å². The molecule has 126 valence electrons. The van der Waals surface area contributed by atoms with Gasteiger partial charge in [0.25, 0.3) is 0 Å². The monoisotopic (exact) mass is 364 g/mol. The minimum atomic E-state index is 0.472. The fourth-order valence-corrected chi connectivity index (χ4v) is 2.90. The molecule has 0 saturated heterocycles. The first-order valence-electron chi connectivity index (χ1n) is 7.70. The Morgan fingerprint density at radius 3 is 2.88 bits per heavy atom. The number of nitrogens with zero attached hydrogens (tertiary/aromatic N) is 4. The molecule has 0 bridgehead atoms. The Morgan fingerprint density at radius 1 is 1.29 bits per heavy atom. The quantitative estimate of drug-likeness (QED) is 0.701. The second-order valence-electron chi connectivity index (χ2n) is 5.28. The third-order valence-corrected chi connectivity index (χ3v) is 4.63. The van der Waals surface area contributed by atoms with Crippen molar-refractivity contribution in [2.75, 3.05) is 31.6 Å². The number of halogens is 2. The van der Waals surface area contributed by atoms with Crippen LogP contribution in [0.1, 0.15) is 6.92 Å². The van der Waals surface area contributed by atoms with Crippen molar-refractivity contribution < 1.29 is 0 Å². The Labute approximate surface area is 150 Å². The molecule has 0 aliphatic heterocycles. The molecule has 0 aliphatic carbocycles. The highest BCUT2D eigenvalue weighted by molar-refractivity contribution is 6.43. The van der Waals surface area contributed by atoms with Crippen LogP contribution in [0.25, 0.3) is 22.4 Å². The first-order chi connectivity index (χ1) is 11.7. The lowest BCUT2D eigenvalue weighted by atomic mass is 10.1. The van der Waals surface area contributed by atoms with E-state index in [1.165, 1.54) is 0 Å². The van der Waals surface area contributed by atoms with Crippen LogP contribution in [0.4, 0.5) is 5.82 Å². The Morgan fingerprint density at radius 2 is 2.12 bits per heavy atom. The van der Waals surface area contributed by atoms with Crippen molar-refractivity contribution in [2.45, 2.75) is 6.92 Å². The molecule has 2 N–H and O–H groups in total. The standard InChI is InChI=1S/C16H18Cl2N6/c1-3-24(8-7-19-2)12-9-20-15-14(22-23-16(15)21-12)10-5-4-6-11(17)13(10)18/h4-6,9,19H,3,7-8H2,1-2H3,(H,21,22,23). The summed E-state index contributed by atoms with van der Waals surface area (Å²) in [6.45, 7) is 4.66. The van der Waals surface area contributed by atoms with Crippen molar-refractivity contribution in [3.05, 3.63) is 34.4 Å². The lowest BCUT2D eigenvalue weighted by Gasteiger charge is -2.21. The summed E-state index contributed by atoms with van der Waals surface area (Å²) in [5.74, 6) is 0.801. The zero-order valence-corrected chi connectivity index (χ0v) is 15.0. The van der Waals surface area contributed by atoms with E-state index in [0.717, 1.165) is 36.7 Å². The molecule has 0 amide bonds. The molecule has 0 radical (unpaired) electrons. The average Bonchev–Trinajstić information content (AvgIpc) is 3.01. The van der Waals surface area contributed by atoms with Gasteiger partial charge < -0.3 is 10.2 Å². The fraction of sp³-hybridized carbons (Fsp3) is 0.312. The Bertz CT molecular complexity index is 848. The molecule has 0 aliphatic rings. The largest absolute Gasteiger partial charge is 0.354 e. The number of aromatic amines is 1. The summed E-state index contributed by atoms with van der Waals surface area (Å²) in [7, 11) is 1.93. The number of anilines is 1. The van der Waals surface area contributed by atoms with Crippen LogP contribution in [0.5, 0.6) is 0 Å². The Balaban J connectivity index is 2.01. The van der Waals surface area contributed by atoms with Gasteiger partial charge in [-0.1, -0.05) is 35.3 Å². The smallest absolute Gasteiger partial charge is 0.202 e. The second kappa shape index (κ2) is 7.34. The molecule has 6 nitrogen and oxygen atoms in total. The van der Waals surface area contributed by atoms with Gasteiger partial charge in [-0.15, -0.1) is 0 Å². The van der Waals surface area contributed by atoms with E-state index in [1.54, 1.807) is 12.3 Å². The highest BCUT2D eigenvalue weighted by Gasteiger charge is 2.16. The molecule has 0 atom stereocenters. The molecule has 2 heterocycles. The minimum absolute atomic E-state index is 0.472. The zero-order chi connectivity index (χ0) is 17.1. The number of fused-ring (bicyclic) bond motifs is 1. The van der Waals surface area contributed by atoms with Gasteiger partial charge in [-0.25, -0.2) is 9.97 Å². The minimum Gasteiger partial charge on any atom is -0.354 e. The number of hydrogen-bond acceptors (Lipinski definition) is 5. The maximum absolute atomic E-state index is 6.30. The van der Waals surface area contributed by atoms with E-state index in [4.69, 9.17) is 23.2 Å². The number of likely N-dealkylation sites (N-methyl/N-ethyl adjacent to an activating group) is 2. The first-order valence-corrected chi connectivity index (χ1v) is 8.46. The van der Waals surface area contributed by atoms with Gasteiger partial charge in [0.05, 0.1) is 21.9 Å². The van der Waals surface area contributed by atoms with Crippen molar-refractivity contribution >= 4 is 40.2 Å². The van der Waals surface area contributed by atoms with Crippen LogP contribution < -0.4 is 10.2 Å². The van der Waals surface area contributed by atoms with Crippen LogP contribution in [0.15, 0.2) is 24.4 Å². The van der Waals surface area contributed by atoms with Gasteiger partial charge in [0.15, 0.2) is 0 Å². The first kappa shape index (κ1) is 17.0. The van der Waals surface area contributed by atoms with E-state index < -0.39 is 0 Å². The SMILES string of the molecule is CCN(CCNC)c1cnc2c(-c3cccc(Cl)c3Cl)[nH]nc2n1. The molecule has 8 heteroatoms. The Hall–Kier alpha value is -1.89. The molecule has 0 fully saturated rings. The predicted molar refractivity (Wildman–Crippen MR) is 99.0 cm³/mol. The molecule has 3 aromatic rings. The van der Waals surface area contributed by atoms with Crippen LogP contribution in [-0.2, 0) is 0 Å². The molecule has 0 spiro atoms. The normalized spacial score (nSPS) is 11.2. The van der Waals surface area contributed by atoms with Gasteiger partial charge in [0.2, 0.25) is 5.65 Å². The predicted octanol–water partition coefficient (Wildman–Crippen LogP) is 3.37. The number of benzene rings is 1. The summed E-state index contributed by atoms with van der Waals surface area (Å²) in [6.07, 6.45) is 1.76. The van der Waals surface area contributed by atoms with E-state index in [0.29, 0.717) is 21.2 Å². The Kier molecular flexibility index (Phi) is 5.18. The van der Waals surface area contributed by atoms with Crippen molar-refractivity contribution in [1.82, 2.24) is 25.5 Å². The van der Waals surface area contributed by atoms with E-state index >= 15 is 0 Å². The number of nitrogens with one attached hydrogen (secondary N) is 2. The second-order valence-corrected chi connectivity index (χ2v) is 6.07. The summed E-state index contributed by atoms with van der Waals surface area (Å²) >= 11 is 12.4. The lowest BCUT2D eigenvalue weighted by Crippen LogP contribution is -2.31. The van der Waals surface area contributed by atoms with Gasteiger partial charge in [0.1, 0.15) is 11.3 Å². The molecule has 24 heavy (non-hydrogen) atoms. The highest BCUT2D eigenvalue weighted by atomic mass is 35.5. The van der Waals surface area contributed by atoms with Crippen molar-refractivity contribution in [1.29, 1.82) is 0 Å². The fourth-order valence-electron chi connectivity index (χ4n) is 2.50. The summed E-state index contributed by atoms with van der Waals surface area (Å²) in [6, 6.07) is 5.47. The summed E-state index contributed by atoms with van der Waals surface area (Å²) < 4.78 is 0. The number of H-pyrrole nitrogens is 1. The topological polar surface area (TPSA) is 69.7 Å². The summed E-state index contributed by atoms with van der Waals surface area (Å²) in [5.41, 5.74) is 2.71. The maximum atomic E-state index is 6.30. The van der Waals surface area contributed by atoms with Gasteiger partial charge >= 0.3 is 0 Å². The maximum Gasteiger partial charge on any atom is 0.202 e. The van der Waals surface area contributed by atoms with Gasteiger partial charge in [0, 0.05) is 25.2 Å². The van der Waals surface area contributed by atoms with Crippen LogP contribution >= 0.6 is 23.2 Å². The van der Waals surface area contributed by atoms with E-state index in [1.807, 2.05) is 19.2 Å². The van der Waals surface area contributed by atoms with Crippen molar-refractivity contribution in [2.24, 2.45) is 0 Å². The van der Waals surface area contributed by atoms with Crippen molar-refractivity contribution in [3.8, 4) is 11.3 Å². The molecule has 1 aromatic carbocycles. The van der Waals surface area contributed by atoms with Crippen LogP contribution in [0.3, 0.4) is 0 Å². The molecule has 2 aromatic heterocycles. The molecule has 0 saturated carbocycles. The summed E-state index contributed by atoms with van der Waals surface area (Å²) in [5, 5.41) is 11.4.